The van der Waals surface area contributed by atoms with Crippen molar-refractivity contribution in [2.45, 2.75) is 24.3 Å². The molecule has 2 heterocycles. The van der Waals surface area contributed by atoms with Crippen molar-refractivity contribution in [3.63, 3.8) is 0 Å². The highest BCUT2D eigenvalue weighted by Crippen LogP contribution is 2.49. The van der Waals surface area contributed by atoms with Gasteiger partial charge in [-0.15, -0.1) is 11.8 Å². The summed E-state index contributed by atoms with van der Waals surface area (Å²) in [5.41, 5.74) is 3.56. The Balaban J connectivity index is 1.91. The average molecular weight is 440 g/mol. The summed E-state index contributed by atoms with van der Waals surface area (Å²) < 4.78 is 18.2. The van der Waals surface area contributed by atoms with Crippen LogP contribution in [-0.4, -0.2) is 42.3 Å². The van der Waals surface area contributed by atoms with E-state index in [2.05, 4.69) is 5.32 Å². The Morgan fingerprint density at radius 1 is 1.00 bits per heavy atom. The van der Waals surface area contributed by atoms with Crippen LogP contribution in [0.4, 0.5) is 5.82 Å². The summed E-state index contributed by atoms with van der Waals surface area (Å²) in [6.45, 7) is 3.87. The van der Waals surface area contributed by atoms with E-state index in [0.29, 0.717) is 5.82 Å². The van der Waals surface area contributed by atoms with Gasteiger partial charge in [-0.1, -0.05) is 0 Å². The molecule has 1 amide bonds. The molecule has 3 aromatic rings. The first-order valence-electron chi connectivity index (χ1n) is 9.89. The van der Waals surface area contributed by atoms with Crippen LogP contribution < -0.4 is 19.5 Å². The zero-order chi connectivity index (χ0) is 22.1. The second kappa shape index (κ2) is 8.55. The molecule has 2 atom stereocenters. The van der Waals surface area contributed by atoms with Gasteiger partial charge >= 0.3 is 0 Å². The topological polar surface area (TPSA) is 74.6 Å². The number of nitrogens with zero attached hydrogens (tertiary/aromatic N) is 2. The maximum absolute atomic E-state index is 12.9. The van der Waals surface area contributed by atoms with E-state index in [4.69, 9.17) is 19.3 Å². The first-order chi connectivity index (χ1) is 15.0. The summed E-state index contributed by atoms with van der Waals surface area (Å²) in [5, 5.41) is 7.43. The Morgan fingerprint density at radius 2 is 1.68 bits per heavy atom. The van der Waals surface area contributed by atoms with Gasteiger partial charge in [0.05, 0.1) is 43.2 Å². The van der Waals surface area contributed by atoms with Gasteiger partial charge in [0, 0.05) is 11.1 Å². The van der Waals surface area contributed by atoms with E-state index in [1.807, 2.05) is 56.3 Å². The molecule has 0 spiro atoms. The van der Waals surface area contributed by atoms with Crippen molar-refractivity contribution in [1.29, 1.82) is 0 Å². The van der Waals surface area contributed by atoms with Crippen LogP contribution in [0.2, 0.25) is 0 Å². The molecule has 0 fully saturated rings. The standard InChI is InChI=1S/C23H25N3O4S/c1-13-20-21(18-12-17(29-4)10-11-19(18)30-5)31-14(2)23(27)24-22(20)26(25-13)15-6-8-16(28-3)9-7-15/h6-12,14,21H,1-5H3,(H,24,27)/t14-,21-/m0/s1. The Kier molecular flexibility index (Phi) is 5.82. The molecule has 1 aromatic heterocycles. The number of nitrogens with one attached hydrogen (secondary N) is 1. The van der Waals surface area contributed by atoms with Crippen molar-refractivity contribution < 1.29 is 19.0 Å². The molecular formula is C23H25N3O4S. The summed E-state index contributed by atoms with van der Waals surface area (Å²) in [6, 6.07) is 13.3. The maximum atomic E-state index is 12.9. The smallest absolute Gasteiger partial charge is 0.238 e. The third-order valence-electron chi connectivity index (χ3n) is 5.36. The molecule has 1 aliphatic rings. The van der Waals surface area contributed by atoms with E-state index in [0.717, 1.165) is 39.8 Å². The molecule has 31 heavy (non-hydrogen) atoms. The number of amides is 1. The lowest BCUT2D eigenvalue weighted by atomic mass is 10.0. The molecule has 0 saturated carbocycles. The second-order valence-electron chi connectivity index (χ2n) is 7.21. The Morgan fingerprint density at radius 3 is 2.32 bits per heavy atom. The van der Waals surface area contributed by atoms with Crippen molar-refractivity contribution in [3.8, 4) is 22.9 Å². The summed E-state index contributed by atoms with van der Waals surface area (Å²) in [5.74, 6) is 2.83. The number of anilines is 1. The van der Waals surface area contributed by atoms with E-state index < -0.39 is 0 Å². The molecule has 1 aliphatic heterocycles. The minimum Gasteiger partial charge on any atom is -0.497 e. The molecule has 0 aliphatic carbocycles. The zero-order valence-corrected chi connectivity index (χ0v) is 18.9. The first-order valence-corrected chi connectivity index (χ1v) is 10.8. The molecular weight excluding hydrogens is 414 g/mol. The van der Waals surface area contributed by atoms with E-state index in [-0.39, 0.29) is 16.4 Å². The van der Waals surface area contributed by atoms with Crippen LogP contribution in [0.5, 0.6) is 17.2 Å². The molecule has 2 aromatic carbocycles. The van der Waals surface area contributed by atoms with Crippen LogP contribution >= 0.6 is 11.8 Å². The summed E-state index contributed by atoms with van der Waals surface area (Å²) >= 11 is 1.57. The zero-order valence-electron chi connectivity index (χ0n) is 18.1. The lowest BCUT2D eigenvalue weighted by Gasteiger charge is -2.20. The number of fused-ring (bicyclic) bond motifs is 1. The fourth-order valence-electron chi connectivity index (χ4n) is 3.71. The third kappa shape index (κ3) is 3.83. The molecule has 4 rings (SSSR count). The van der Waals surface area contributed by atoms with Crippen LogP contribution in [0.1, 0.15) is 29.0 Å². The second-order valence-corrected chi connectivity index (χ2v) is 8.66. The number of carbonyl (C=O) groups excluding carboxylic acids is 1. The van der Waals surface area contributed by atoms with Crippen molar-refractivity contribution in [2.75, 3.05) is 26.6 Å². The van der Waals surface area contributed by atoms with Crippen LogP contribution in [0, 0.1) is 6.92 Å². The van der Waals surface area contributed by atoms with Gasteiger partial charge in [-0.2, -0.15) is 5.10 Å². The predicted octanol–water partition coefficient (Wildman–Crippen LogP) is 4.37. The molecule has 0 bridgehead atoms. The highest BCUT2D eigenvalue weighted by atomic mass is 32.2. The number of carbonyl (C=O) groups is 1. The van der Waals surface area contributed by atoms with Gasteiger partial charge in [0.15, 0.2) is 0 Å². The molecule has 1 N–H and O–H groups in total. The largest absolute Gasteiger partial charge is 0.497 e. The maximum Gasteiger partial charge on any atom is 0.238 e. The fourth-order valence-corrected chi connectivity index (χ4v) is 5.05. The summed E-state index contributed by atoms with van der Waals surface area (Å²) in [7, 11) is 4.91. The minimum atomic E-state index is -0.267. The van der Waals surface area contributed by atoms with Gasteiger partial charge in [-0.05, 0) is 56.3 Å². The third-order valence-corrected chi connectivity index (χ3v) is 6.74. The van der Waals surface area contributed by atoms with Gasteiger partial charge in [-0.3, -0.25) is 4.79 Å². The van der Waals surface area contributed by atoms with Crippen LogP contribution in [0.25, 0.3) is 5.69 Å². The molecule has 8 heteroatoms. The Labute approximate surface area is 185 Å². The highest BCUT2D eigenvalue weighted by molar-refractivity contribution is 8.01. The van der Waals surface area contributed by atoms with Crippen LogP contribution in [0.15, 0.2) is 42.5 Å². The van der Waals surface area contributed by atoms with Gasteiger partial charge in [-0.25, -0.2) is 4.68 Å². The van der Waals surface area contributed by atoms with Gasteiger partial charge < -0.3 is 19.5 Å². The Bertz CT molecular complexity index is 1110. The number of aryl methyl sites for hydroxylation is 1. The minimum absolute atomic E-state index is 0.0646. The van der Waals surface area contributed by atoms with E-state index in [9.17, 15) is 4.79 Å². The van der Waals surface area contributed by atoms with E-state index in [1.165, 1.54) is 0 Å². The quantitative estimate of drug-likeness (QED) is 0.636. The van der Waals surface area contributed by atoms with Crippen molar-refractivity contribution in [1.82, 2.24) is 9.78 Å². The lowest BCUT2D eigenvalue weighted by molar-refractivity contribution is -0.115. The van der Waals surface area contributed by atoms with Gasteiger partial charge in [0.1, 0.15) is 23.1 Å². The van der Waals surface area contributed by atoms with Crippen LogP contribution in [0.3, 0.4) is 0 Å². The molecule has 0 saturated heterocycles. The number of hydrogen-bond acceptors (Lipinski definition) is 6. The number of thioether (sulfide) groups is 1. The van der Waals surface area contributed by atoms with Crippen molar-refractivity contribution >= 4 is 23.5 Å². The number of hydrogen-bond donors (Lipinski definition) is 1. The number of methoxy groups -OCH3 is 3. The Hall–Kier alpha value is -3.13. The molecule has 0 unspecified atom stereocenters. The van der Waals surface area contributed by atoms with Gasteiger partial charge in [0.2, 0.25) is 5.91 Å². The summed E-state index contributed by atoms with van der Waals surface area (Å²) in [6.07, 6.45) is 0. The fraction of sp³-hybridized carbons (Fsp3) is 0.304. The van der Waals surface area contributed by atoms with E-state index >= 15 is 0 Å². The molecule has 162 valence electrons. The first kappa shape index (κ1) is 21.1. The number of aromatic nitrogens is 2. The van der Waals surface area contributed by atoms with Crippen molar-refractivity contribution in [3.05, 3.63) is 59.3 Å². The summed E-state index contributed by atoms with van der Waals surface area (Å²) in [4.78, 5) is 12.9. The highest BCUT2D eigenvalue weighted by Gasteiger charge is 2.35. The monoisotopic (exact) mass is 439 g/mol. The van der Waals surface area contributed by atoms with Crippen LogP contribution in [-0.2, 0) is 4.79 Å². The lowest BCUT2D eigenvalue weighted by Crippen LogP contribution is -2.22. The van der Waals surface area contributed by atoms with Gasteiger partial charge in [0.25, 0.3) is 0 Å². The number of benzene rings is 2. The SMILES string of the molecule is COc1ccc(-n2nc(C)c3c2NC(=O)[C@H](C)S[C@H]3c2cc(OC)ccc2OC)cc1. The number of rotatable bonds is 5. The predicted molar refractivity (Wildman–Crippen MR) is 122 cm³/mol. The molecule has 0 radical (unpaired) electrons. The molecule has 7 nitrogen and oxygen atoms in total. The van der Waals surface area contributed by atoms with Crippen molar-refractivity contribution in [2.24, 2.45) is 0 Å². The normalized spacial score (nSPS) is 18.0. The van der Waals surface area contributed by atoms with E-state index in [1.54, 1.807) is 37.8 Å². The average Bonchev–Trinajstić information content (AvgIpc) is 3.04. The number of ether oxygens (including phenoxy) is 3.